The first-order valence-corrected chi connectivity index (χ1v) is 8.67. The molecule has 148 valence electrons. The second kappa shape index (κ2) is 7.59. The number of anilines is 2. The molecular weight excluding hydrogens is 378 g/mol. The molecule has 0 unspecified atom stereocenters. The van der Waals surface area contributed by atoms with Crippen molar-refractivity contribution in [1.82, 2.24) is 0 Å². The predicted octanol–water partition coefficient (Wildman–Crippen LogP) is 3.57. The molecule has 3 aromatic rings. The van der Waals surface area contributed by atoms with E-state index in [0.717, 1.165) is 0 Å². The number of hydrogen-bond acceptors (Lipinski definition) is 8. The second-order valence-electron chi connectivity index (χ2n) is 6.07. The summed E-state index contributed by atoms with van der Waals surface area (Å²) in [5.41, 5.74) is 0.311. The number of esters is 1. The quantitative estimate of drug-likeness (QED) is 0.655. The molecule has 8 nitrogen and oxygen atoms in total. The zero-order valence-corrected chi connectivity index (χ0v) is 15.7. The van der Waals surface area contributed by atoms with E-state index in [1.165, 1.54) is 14.2 Å². The highest BCUT2D eigenvalue weighted by Gasteiger charge is 2.22. The van der Waals surface area contributed by atoms with Crippen LogP contribution in [-0.2, 0) is 4.74 Å². The zero-order valence-electron chi connectivity index (χ0n) is 15.7. The highest BCUT2D eigenvalue weighted by atomic mass is 16.7. The minimum Gasteiger partial charge on any atom is -0.495 e. The van der Waals surface area contributed by atoms with Gasteiger partial charge in [0, 0.05) is 11.6 Å². The first-order valence-electron chi connectivity index (χ1n) is 8.67. The van der Waals surface area contributed by atoms with Crippen molar-refractivity contribution in [3.63, 3.8) is 0 Å². The van der Waals surface area contributed by atoms with Gasteiger partial charge in [0.25, 0.3) is 0 Å². The molecule has 1 aromatic heterocycles. The molecule has 1 N–H and O–H groups in total. The van der Waals surface area contributed by atoms with E-state index in [2.05, 4.69) is 5.32 Å². The third-order valence-electron chi connectivity index (χ3n) is 4.37. The Kier molecular flexibility index (Phi) is 4.82. The van der Waals surface area contributed by atoms with Crippen molar-refractivity contribution in [3.05, 3.63) is 64.5 Å². The lowest BCUT2D eigenvalue weighted by Crippen LogP contribution is -2.18. The van der Waals surface area contributed by atoms with Crippen LogP contribution in [0.1, 0.15) is 10.4 Å². The van der Waals surface area contributed by atoms with E-state index in [1.807, 2.05) is 6.07 Å². The van der Waals surface area contributed by atoms with Crippen LogP contribution in [0.4, 0.5) is 11.4 Å². The van der Waals surface area contributed by atoms with Crippen LogP contribution >= 0.6 is 0 Å². The summed E-state index contributed by atoms with van der Waals surface area (Å²) < 4.78 is 26.2. The van der Waals surface area contributed by atoms with Gasteiger partial charge in [-0.25, -0.2) is 9.59 Å². The number of hydrogen-bond donors (Lipinski definition) is 1. The zero-order chi connectivity index (χ0) is 20.4. The van der Waals surface area contributed by atoms with Crippen molar-refractivity contribution >= 4 is 17.3 Å². The Balaban J connectivity index is 1.83. The summed E-state index contributed by atoms with van der Waals surface area (Å²) in [7, 11) is 2.72. The van der Waals surface area contributed by atoms with Crippen molar-refractivity contribution in [2.24, 2.45) is 0 Å². The standard InChI is InChI=1S/C21H17NO7/c1-25-15-6-4-3-5-13(15)22-14-10-17(29-21(24)19(14)20(23)26-2)12-7-8-16-18(9-12)28-11-27-16/h3-10,22H,11H2,1-2H3. The first-order chi connectivity index (χ1) is 14.1. The maximum Gasteiger partial charge on any atom is 0.353 e. The summed E-state index contributed by atoms with van der Waals surface area (Å²) in [6.07, 6.45) is 0. The van der Waals surface area contributed by atoms with Gasteiger partial charge in [0.1, 0.15) is 11.5 Å². The van der Waals surface area contributed by atoms with Crippen LogP contribution in [0.3, 0.4) is 0 Å². The molecule has 1 aliphatic heterocycles. The molecule has 2 heterocycles. The van der Waals surface area contributed by atoms with Gasteiger partial charge in [-0.15, -0.1) is 0 Å². The predicted molar refractivity (Wildman–Crippen MR) is 104 cm³/mol. The van der Waals surface area contributed by atoms with Crippen molar-refractivity contribution in [2.45, 2.75) is 0 Å². The summed E-state index contributed by atoms with van der Waals surface area (Å²) in [6.45, 7) is 0.130. The molecule has 29 heavy (non-hydrogen) atoms. The molecule has 0 saturated carbocycles. The summed E-state index contributed by atoms with van der Waals surface area (Å²) in [4.78, 5) is 24.8. The lowest BCUT2D eigenvalue weighted by molar-refractivity contribution is 0.0597. The van der Waals surface area contributed by atoms with Gasteiger partial charge in [0.2, 0.25) is 6.79 Å². The molecule has 0 radical (unpaired) electrons. The maximum absolute atomic E-state index is 12.6. The smallest absolute Gasteiger partial charge is 0.353 e. The number of fused-ring (bicyclic) bond motifs is 1. The maximum atomic E-state index is 12.6. The van der Waals surface area contributed by atoms with Gasteiger partial charge in [-0.1, -0.05) is 12.1 Å². The minimum absolute atomic E-state index is 0.130. The normalized spacial score (nSPS) is 11.8. The Morgan fingerprint density at radius 3 is 2.59 bits per heavy atom. The fraction of sp³-hybridized carbons (Fsp3) is 0.143. The molecule has 0 atom stereocenters. The molecule has 8 heteroatoms. The number of carbonyl (C=O) groups is 1. The molecule has 0 spiro atoms. The Hall–Kier alpha value is -3.94. The van der Waals surface area contributed by atoms with E-state index in [1.54, 1.807) is 42.5 Å². The molecule has 0 aliphatic carbocycles. The molecule has 1 aliphatic rings. The number of carbonyl (C=O) groups excluding carboxylic acids is 1. The molecular formula is C21H17NO7. The molecule has 0 fully saturated rings. The first kappa shape index (κ1) is 18.4. The van der Waals surface area contributed by atoms with E-state index in [9.17, 15) is 9.59 Å². The molecule has 0 bridgehead atoms. The van der Waals surface area contributed by atoms with Gasteiger partial charge in [-0.3, -0.25) is 0 Å². The highest BCUT2D eigenvalue weighted by molar-refractivity contribution is 5.96. The lowest BCUT2D eigenvalue weighted by Gasteiger charge is -2.14. The minimum atomic E-state index is -0.829. The van der Waals surface area contributed by atoms with Crippen LogP contribution in [0.15, 0.2) is 57.7 Å². The van der Waals surface area contributed by atoms with Gasteiger partial charge in [-0.05, 0) is 30.3 Å². The Morgan fingerprint density at radius 1 is 1.00 bits per heavy atom. The lowest BCUT2D eigenvalue weighted by atomic mass is 10.1. The number of benzene rings is 2. The Labute approximate surface area is 165 Å². The van der Waals surface area contributed by atoms with Crippen molar-refractivity contribution in [2.75, 3.05) is 26.3 Å². The Bertz CT molecular complexity index is 1140. The van der Waals surface area contributed by atoms with Crippen LogP contribution in [0.25, 0.3) is 11.3 Å². The van der Waals surface area contributed by atoms with E-state index < -0.39 is 11.6 Å². The van der Waals surface area contributed by atoms with Gasteiger partial charge >= 0.3 is 11.6 Å². The van der Waals surface area contributed by atoms with E-state index in [0.29, 0.717) is 28.5 Å². The second-order valence-corrected chi connectivity index (χ2v) is 6.07. The molecule has 4 rings (SSSR count). The van der Waals surface area contributed by atoms with Gasteiger partial charge < -0.3 is 28.7 Å². The van der Waals surface area contributed by atoms with Crippen LogP contribution < -0.4 is 25.2 Å². The van der Waals surface area contributed by atoms with Crippen molar-refractivity contribution in [1.29, 1.82) is 0 Å². The summed E-state index contributed by atoms with van der Waals surface area (Å²) in [5, 5.41) is 3.07. The van der Waals surface area contributed by atoms with Crippen LogP contribution in [0.5, 0.6) is 17.2 Å². The number of methoxy groups -OCH3 is 2. The van der Waals surface area contributed by atoms with E-state index in [-0.39, 0.29) is 23.8 Å². The van der Waals surface area contributed by atoms with Gasteiger partial charge in [0.15, 0.2) is 17.1 Å². The van der Waals surface area contributed by atoms with Crippen LogP contribution in [-0.4, -0.2) is 27.0 Å². The summed E-state index contributed by atoms with van der Waals surface area (Å²) in [5.74, 6) is 1.13. The number of nitrogens with one attached hydrogen (secondary N) is 1. The number of rotatable bonds is 5. The summed E-state index contributed by atoms with van der Waals surface area (Å²) in [6, 6.07) is 13.8. The van der Waals surface area contributed by atoms with Gasteiger partial charge in [0.05, 0.1) is 25.6 Å². The average molecular weight is 395 g/mol. The third kappa shape index (κ3) is 3.47. The monoisotopic (exact) mass is 395 g/mol. The highest BCUT2D eigenvalue weighted by Crippen LogP contribution is 2.37. The molecule has 0 saturated heterocycles. The van der Waals surface area contributed by atoms with Crippen LogP contribution in [0.2, 0.25) is 0 Å². The Morgan fingerprint density at radius 2 is 1.79 bits per heavy atom. The average Bonchev–Trinajstić information content (AvgIpc) is 3.21. The molecule has 2 aromatic carbocycles. The van der Waals surface area contributed by atoms with Crippen molar-refractivity contribution < 1.29 is 28.2 Å². The molecule has 0 amide bonds. The van der Waals surface area contributed by atoms with Gasteiger partial charge in [-0.2, -0.15) is 0 Å². The van der Waals surface area contributed by atoms with Crippen LogP contribution in [0, 0.1) is 0 Å². The topological polar surface area (TPSA) is 96.2 Å². The number of para-hydroxylation sites is 2. The van der Waals surface area contributed by atoms with Crippen molar-refractivity contribution in [3.8, 4) is 28.6 Å². The van der Waals surface area contributed by atoms with E-state index >= 15 is 0 Å². The fourth-order valence-electron chi connectivity index (χ4n) is 2.97. The fourth-order valence-corrected chi connectivity index (χ4v) is 2.97. The SMILES string of the molecule is COC(=O)c1c(Nc2ccccc2OC)cc(-c2ccc3c(c2)OCO3)oc1=O. The van der Waals surface area contributed by atoms with E-state index in [4.69, 9.17) is 23.4 Å². The largest absolute Gasteiger partial charge is 0.495 e. The summed E-state index contributed by atoms with van der Waals surface area (Å²) >= 11 is 0. The number of ether oxygens (including phenoxy) is 4. The third-order valence-corrected chi connectivity index (χ3v) is 4.37.